The van der Waals surface area contributed by atoms with Crippen LogP contribution in [0.25, 0.3) is 10.8 Å². The van der Waals surface area contributed by atoms with E-state index in [0.29, 0.717) is 0 Å². The number of nitrogens with one attached hydrogen (secondary N) is 1. The third kappa shape index (κ3) is 3.83. The molecule has 0 spiro atoms. The molecule has 0 saturated heterocycles. The van der Waals surface area contributed by atoms with E-state index in [9.17, 15) is 9.59 Å². The largest absolute Gasteiger partial charge is 0.497 e. The van der Waals surface area contributed by atoms with Gasteiger partial charge in [-0.05, 0) is 41.0 Å². The van der Waals surface area contributed by atoms with Crippen molar-refractivity contribution in [3.63, 3.8) is 0 Å². The van der Waals surface area contributed by atoms with Gasteiger partial charge in [0.25, 0.3) is 0 Å². The molecule has 0 aliphatic heterocycles. The van der Waals surface area contributed by atoms with Crippen molar-refractivity contribution in [2.45, 2.75) is 19.4 Å². The van der Waals surface area contributed by atoms with Gasteiger partial charge in [-0.3, -0.25) is 4.79 Å². The van der Waals surface area contributed by atoms with Crippen molar-refractivity contribution in [3.05, 3.63) is 41.5 Å². The molecule has 0 aliphatic rings. The second kappa shape index (κ2) is 7.79. The SMILES string of the molecule is COC(=O)C(CO)NC(=O)Cc1ccc2cc(OC)ccc2c1C. The van der Waals surface area contributed by atoms with Crippen molar-refractivity contribution in [2.75, 3.05) is 20.8 Å². The summed E-state index contributed by atoms with van der Waals surface area (Å²) in [6.07, 6.45) is 0.112. The summed E-state index contributed by atoms with van der Waals surface area (Å²) in [6, 6.07) is 8.52. The van der Waals surface area contributed by atoms with Gasteiger partial charge in [0.15, 0.2) is 6.04 Å². The van der Waals surface area contributed by atoms with Gasteiger partial charge in [0.2, 0.25) is 5.91 Å². The molecule has 1 unspecified atom stereocenters. The monoisotopic (exact) mass is 331 g/mol. The molecule has 128 valence electrons. The molecular weight excluding hydrogens is 310 g/mol. The van der Waals surface area contributed by atoms with E-state index in [4.69, 9.17) is 9.84 Å². The van der Waals surface area contributed by atoms with Gasteiger partial charge in [-0.25, -0.2) is 4.79 Å². The first kappa shape index (κ1) is 17.7. The molecule has 0 aromatic heterocycles. The van der Waals surface area contributed by atoms with Crippen LogP contribution in [0, 0.1) is 6.92 Å². The standard InChI is InChI=1S/C18H21NO5/c1-11-12(9-17(21)19-16(10-20)18(22)24-3)4-5-13-8-14(23-2)6-7-15(11)13/h4-8,16,20H,9-10H2,1-3H3,(H,19,21). The van der Waals surface area contributed by atoms with E-state index in [-0.39, 0.29) is 12.3 Å². The van der Waals surface area contributed by atoms with Gasteiger partial charge >= 0.3 is 5.97 Å². The van der Waals surface area contributed by atoms with Gasteiger partial charge in [-0.2, -0.15) is 0 Å². The summed E-state index contributed by atoms with van der Waals surface area (Å²) in [6.45, 7) is 1.44. The highest BCUT2D eigenvalue weighted by Gasteiger charge is 2.20. The maximum Gasteiger partial charge on any atom is 0.330 e. The summed E-state index contributed by atoms with van der Waals surface area (Å²) in [4.78, 5) is 23.6. The number of ether oxygens (including phenoxy) is 2. The van der Waals surface area contributed by atoms with Crippen LogP contribution in [-0.4, -0.2) is 43.9 Å². The average molecular weight is 331 g/mol. The van der Waals surface area contributed by atoms with Crippen LogP contribution in [0.3, 0.4) is 0 Å². The summed E-state index contributed by atoms with van der Waals surface area (Å²) in [5.74, 6) is -0.250. The van der Waals surface area contributed by atoms with Crippen LogP contribution < -0.4 is 10.1 Å². The topological polar surface area (TPSA) is 84.9 Å². The number of amides is 1. The van der Waals surface area contributed by atoms with Gasteiger partial charge in [0, 0.05) is 0 Å². The molecule has 1 amide bonds. The van der Waals surface area contributed by atoms with Crippen molar-refractivity contribution >= 4 is 22.6 Å². The highest BCUT2D eigenvalue weighted by atomic mass is 16.5. The maximum atomic E-state index is 12.1. The molecule has 0 fully saturated rings. The predicted octanol–water partition coefficient (Wildman–Crippen LogP) is 1.35. The Bertz CT molecular complexity index is 756. The van der Waals surface area contributed by atoms with Crippen LogP contribution in [0.5, 0.6) is 5.75 Å². The third-order valence-electron chi connectivity index (χ3n) is 3.96. The van der Waals surface area contributed by atoms with E-state index in [2.05, 4.69) is 10.1 Å². The number of aliphatic hydroxyl groups is 1. The Hall–Kier alpha value is -2.60. The molecule has 2 rings (SSSR count). The lowest BCUT2D eigenvalue weighted by Crippen LogP contribution is -2.44. The number of aliphatic hydroxyl groups excluding tert-OH is 1. The van der Waals surface area contributed by atoms with E-state index >= 15 is 0 Å². The number of carbonyl (C=O) groups excluding carboxylic acids is 2. The number of benzene rings is 2. The second-order valence-electron chi connectivity index (χ2n) is 5.44. The molecule has 6 nitrogen and oxygen atoms in total. The van der Waals surface area contributed by atoms with E-state index in [1.165, 1.54) is 7.11 Å². The number of esters is 1. The number of aryl methyl sites for hydroxylation is 1. The Labute approximate surface area is 140 Å². The normalized spacial score (nSPS) is 11.8. The number of hydrogen-bond donors (Lipinski definition) is 2. The number of carbonyl (C=O) groups is 2. The van der Waals surface area contributed by atoms with Crippen LogP contribution >= 0.6 is 0 Å². The number of rotatable bonds is 6. The van der Waals surface area contributed by atoms with Crippen molar-refractivity contribution < 1.29 is 24.2 Å². The lowest BCUT2D eigenvalue weighted by Gasteiger charge is -2.15. The minimum absolute atomic E-state index is 0.112. The minimum Gasteiger partial charge on any atom is -0.497 e. The van der Waals surface area contributed by atoms with E-state index in [1.54, 1.807) is 7.11 Å². The summed E-state index contributed by atoms with van der Waals surface area (Å²) < 4.78 is 9.75. The van der Waals surface area contributed by atoms with Gasteiger partial charge in [0.05, 0.1) is 27.2 Å². The first-order valence-corrected chi connectivity index (χ1v) is 7.54. The van der Waals surface area contributed by atoms with Gasteiger partial charge in [-0.1, -0.05) is 18.2 Å². The molecule has 0 saturated carbocycles. The Balaban J connectivity index is 2.19. The molecule has 0 bridgehead atoms. The highest BCUT2D eigenvalue weighted by molar-refractivity contribution is 5.90. The predicted molar refractivity (Wildman–Crippen MR) is 90.0 cm³/mol. The lowest BCUT2D eigenvalue weighted by molar-refractivity contribution is -0.146. The summed E-state index contributed by atoms with van der Waals surface area (Å²) in [5, 5.41) is 13.7. The fourth-order valence-electron chi connectivity index (χ4n) is 2.57. The highest BCUT2D eigenvalue weighted by Crippen LogP contribution is 2.26. The van der Waals surface area contributed by atoms with Crippen LogP contribution in [0.1, 0.15) is 11.1 Å². The van der Waals surface area contributed by atoms with Crippen molar-refractivity contribution in [1.29, 1.82) is 0 Å². The minimum atomic E-state index is -1.05. The Morgan fingerprint density at radius 1 is 1.21 bits per heavy atom. The molecule has 2 N–H and O–H groups in total. The van der Waals surface area contributed by atoms with Crippen molar-refractivity contribution in [1.82, 2.24) is 5.32 Å². The molecule has 2 aromatic carbocycles. The molecule has 0 heterocycles. The van der Waals surface area contributed by atoms with Crippen LogP contribution in [0.15, 0.2) is 30.3 Å². The van der Waals surface area contributed by atoms with E-state index < -0.39 is 18.6 Å². The first-order valence-electron chi connectivity index (χ1n) is 7.54. The van der Waals surface area contributed by atoms with E-state index in [0.717, 1.165) is 27.6 Å². The second-order valence-corrected chi connectivity index (χ2v) is 5.44. The number of hydrogen-bond acceptors (Lipinski definition) is 5. The fourth-order valence-corrected chi connectivity index (χ4v) is 2.57. The third-order valence-corrected chi connectivity index (χ3v) is 3.96. The van der Waals surface area contributed by atoms with Crippen LogP contribution in [0.2, 0.25) is 0 Å². The molecule has 6 heteroatoms. The fraction of sp³-hybridized carbons (Fsp3) is 0.333. The lowest BCUT2D eigenvalue weighted by atomic mass is 9.97. The Morgan fingerprint density at radius 2 is 1.96 bits per heavy atom. The smallest absolute Gasteiger partial charge is 0.330 e. The zero-order valence-corrected chi connectivity index (χ0v) is 14.0. The number of fused-ring (bicyclic) bond motifs is 1. The van der Waals surface area contributed by atoms with Gasteiger partial charge in [-0.15, -0.1) is 0 Å². The Kier molecular flexibility index (Phi) is 5.76. The quantitative estimate of drug-likeness (QED) is 0.781. The van der Waals surface area contributed by atoms with Crippen molar-refractivity contribution in [3.8, 4) is 5.75 Å². The zero-order valence-electron chi connectivity index (χ0n) is 14.0. The average Bonchev–Trinajstić information content (AvgIpc) is 2.61. The molecule has 0 aliphatic carbocycles. The van der Waals surface area contributed by atoms with Crippen LogP contribution in [0.4, 0.5) is 0 Å². The molecule has 1 atom stereocenters. The van der Waals surface area contributed by atoms with Crippen LogP contribution in [-0.2, 0) is 20.7 Å². The molecule has 2 aromatic rings. The maximum absolute atomic E-state index is 12.1. The molecule has 24 heavy (non-hydrogen) atoms. The molecule has 0 radical (unpaired) electrons. The zero-order chi connectivity index (χ0) is 17.7. The van der Waals surface area contributed by atoms with Gasteiger partial charge in [0.1, 0.15) is 5.75 Å². The number of methoxy groups -OCH3 is 2. The molecular formula is C18H21NO5. The van der Waals surface area contributed by atoms with Gasteiger partial charge < -0.3 is 19.9 Å². The Morgan fingerprint density at radius 3 is 2.58 bits per heavy atom. The van der Waals surface area contributed by atoms with E-state index in [1.807, 2.05) is 37.3 Å². The van der Waals surface area contributed by atoms with Crippen molar-refractivity contribution in [2.24, 2.45) is 0 Å². The summed E-state index contributed by atoms with van der Waals surface area (Å²) >= 11 is 0. The first-order chi connectivity index (χ1) is 11.5. The summed E-state index contributed by atoms with van der Waals surface area (Å²) in [5.41, 5.74) is 1.84. The summed E-state index contributed by atoms with van der Waals surface area (Å²) in [7, 11) is 2.82.